The van der Waals surface area contributed by atoms with Gasteiger partial charge in [-0.15, -0.1) is 0 Å². The lowest BCUT2D eigenvalue weighted by Gasteiger charge is -2.19. The molecular formula is C15H28N4. The molecule has 0 radical (unpaired) electrons. The van der Waals surface area contributed by atoms with Crippen LogP contribution in [0, 0.1) is 12.8 Å². The van der Waals surface area contributed by atoms with Crippen molar-refractivity contribution in [2.24, 2.45) is 5.92 Å². The Bertz CT molecular complexity index is 376. The Morgan fingerprint density at radius 1 is 1.37 bits per heavy atom. The lowest BCUT2D eigenvalue weighted by atomic mass is 10.1. The van der Waals surface area contributed by atoms with Gasteiger partial charge < -0.3 is 10.2 Å². The molecule has 0 aromatic carbocycles. The largest absolute Gasteiger partial charge is 0.344 e. The van der Waals surface area contributed by atoms with E-state index < -0.39 is 0 Å². The van der Waals surface area contributed by atoms with E-state index in [2.05, 4.69) is 54.9 Å². The number of hydrogen-bond donors (Lipinski definition) is 1. The number of nitrogens with one attached hydrogen (secondary N) is 1. The topological polar surface area (TPSA) is 41.1 Å². The summed E-state index contributed by atoms with van der Waals surface area (Å²) in [5.74, 6) is 1.54. The summed E-state index contributed by atoms with van der Waals surface area (Å²) in [6.45, 7) is 11.6. The first-order valence-electron chi connectivity index (χ1n) is 7.29. The zero-order valence-electron chi connectivity index (χ0n) is 13.0. The van der Waals surface area contributed by atoms with Crippen LogP contribution in [0.15, 0.2) is 6.20 Å². The molecule has 0 aliphatic heterocycles. The minimum absolute atomic E-state index is 0.709. The molecule has 0 saturated heterocycles. The lowest BCUT2D eigenvalue weighted by Crippen LogP contribution is -2.23. The Balaban J connectivity index is 2.59. The van der Waals surface area contributed by atoms with E-state index in [0.29, 0.717) is 5.92 Å². The Kier molecular flexibility index (Phi) is 6.78. The SMILES string of the molecule is CCCNCc1cnc(N(C)CCC(C)C)nc1C. The summed E-state index contributed by atoms with van der Waals surface area (Å²) in [4.78, 5) is 11.2. The lowest BCUT2D eigenvalue weighted by molar-refractivity contribution is 0.581. The van der Waals surface area contributed by atoms with Crippen LogP contribution in [0.5, 0.6) is 0 Å². The normalized spacial score (nSPS) is 11.1. The van der Waals surface area contributed by atoms with Crippen LogP contribution in [0.25, 0.3) is 0 Å². The highest BCUT2D eigenvalue weighted by Gasteiger charge is 2.08. The molecule has 1 aromatic heterocycles. The van der Waals surface area contributed by atoms with Gasteiger partial charge in [-0.25, -0.2) is 9.97 Å². The van der Waals surface area contributed by atoms with E-state index in [1.807, 2.05) is 6.20 Å². The van der Waals surface area contributed by atoms with Crippen molar-refractivity contribution in [3.05, 3.63) is 17.5 Å². The number of aromatic nitrogens is 2. The molecule has 0 unspecified atom stereocenters. The molecule has 0 amide bonds. The first kappa shape index (κ1) is 15.9. The maximum Gasteiger partial charge on any atom is 0.225 e. The van der Waals surface area contributed by atoms with Gasteiger partial charge in [-0.3, -0.25) is 0 Å². The summed E-state index contributed by atoms with van der Waals surface area (Å²) in [6.07, 6.45) is 4.26. The first-order valence-corrected chi connectivity index (χ1v) is 7.29. The highest BCUT2D eigenvalue weighted by atomic mass is 15.2. The molecule has 1 aromatic rings. The van der Waals surface area contributed by atoms with Crippen molar-refractivity contribution in [2.75, 3.05) is 25.0 Å². The number of anilines is 1. The van der Waals surface area contributed by atoms with E-state index in [4.69, 9.17) is 0 Å². The minimum Gasteiger partial charge on any atom is -0.344 e. The van der Waals surface area contributed by atoms with Gasteiger partial charge in [0.25, 0.3) is 0 Å². The van der Waals surface area contributed by atoms with Crippen molar-refractivity contribution >= 4 is 5.95 Å². The molecular weight excluding hydrogens is 236 g/mol. The summed E-state index contributed by atoms with van der Waals surface area (Å²) in [7, 11) is 2.06. The molecule has 0 saturated carbocycles. The van der Waals surface area contributed by atoms with Crippen LogP contribution >= 0.6 is 0 Å². The highest BCUT2D eigenvalue weighted by Crippen LogP contribution is 2.11. The molecule has 4 heteroatoms. The maximum absolute atomic E-state index is 4.60. The average molecular weight is 264 g/mol. The van der Waals surface area contributed by atoms with E-state index >= 15 is 0 Å². The van der Waals surface area contributed by atoms with Crippen molar-refractivity contribution in [3.8, 4) is 0 Å². The van der Waals surface area contributed by atoms with Crippen molar-refractivity contribution in [3.63, 3.8) is 0 Å². The van der Waals surface area contributed by atoms with Crippen molar-refractivity contribution in [1.82, 2.24) is 15.3 Å². The second-order valence-corrected chi connectivity index (χ2v) is 5.56. The van der Waals surface area contributed by atoms with E-state index in [0.717, 1.165) is 37.7 Å². The summed E-state index contributed by atoms with van der Waals surface area (Å²) in [6, 6.07) is 0. The monoisotopic (exact) mass is 264 g/mol. The Labute approximate surface area is 117 Å². The quantitative estimate of drug-likeness (QED) is 0.733. The molecule has 1 rings (SSSR count). The van der Waals surface area contributed by atoms with Crippen LogP contribution in [-0.2, 0) is 6.54 Å². The molecule has 0 spiro atoms. The van der Waals surface area contributed by atoms with Gasteiger partial charge in [-0.05, 0) is 32.2 Å². The van der Waals surface area contributed by atoms with Crippen LogP contribution < -0.4 is 10.2 Å². The van der Waals surface area contributed by atoms with E-state index in [1.165, 1.54) is 12.0 Å². The average Bonchev–Trinajstić information content (AvgIpc) is 2.38. The van der Waals surface area contributed by atoms with Gasteiger partial charge in [0.15, 0.2) is 0 Å². The molecule has 1 heterocycles. The second-order valence-electron chi connectivity index (χ2n) is 5.56. The standard InChI is InChI=1S/C15H28N4/c1-6-8-16-10-14-11-17-15(18-13(14)4)19(5)9-7-12(2)3/h11-12,16H,6-10H2,1-5H3. The third kappa shape index (κ3) is 5.55. The number of hydrogen-bond acceptors (Lipinski definition) is 4. The van der Waals surface area contributed by atoms with Gasteiger partial charge >= 0.3 is 0 Å². The Morgan fingerprint density at radius 2 is 2.11 bits per heavy atom. The van der Waals surface area contributed by atoms with Crippen molar-refractivity contribution in [1.29, 1.82) is 0 Å². The smallest absolute Gasteiger partial charge is 0.225 e. The van der Waals surface area contributed by atoms with Crippen LogP contribution in [0.3, 0.4) is 0 Å². The second kappa shape index (κ2) is 8.10. The first-order chi connectivity index (χ1) is 9.04. The highest BCUT2D eigenvalue weighted by molar-refractivity contribution is 5.31. The molecule has 19 heavy (non-hydrogen) atoms. The zero-order valence-corrected chi connectivity index (χ0v) is 13.0. The van der Waals surface area contributed by atoms with Crippen LogP contribution in [0.2, 0.25) is 0 Å². The summed E-state index contributed by atoms with van der Waals surface area (Å²) < 4.78 is 0. The molecule has 108 valence electrons. The third-order valence-corrected chi connectivity index (χ3v) is 3.19. The van der Waals surface area contributed by atoms with E-state index in [-0.39, 0.29) is 0 Å². The van der Waals surface area contributed by atoms with E-state index in [9.17, 15) is 0 Å². The molecule has 4 nitrogen and oxygen atoms in total. The van der Waals surface area contributed by atoms with E-state index in [1.54, 1.807) is 0 Å². The Hall–Kier alpha value is -1.16. The van der Waals surface area contributed by atoms with Gasteiger partial charge in [0.05, 0.1) is 0 Å². The summed E-state index contributed by atoms with van der Waals surface area (Å²) in [5, 5.41) is 3.39. The minimum atomic E-state index is 0.709. The number of nitrogens with zero attached hydrogens (tertiary/aromatic N) is 3. The Morgan fingerprint density at radius 3 is 2.68 bits per heavy atom. The third-order valence-electron chi connectivity index (χ3n) is 3.19. The predicted molar refractivity (Wildman–Crippen MR) is 81.5 cm³/mol. The van der Waals surface area contributed by atoms with Crippen LogP contribution in [0.1, 0.15) is 44.9 Å². The van der Waals surface area contributed by atoms with Crippen molar-refractivity contribution in [2.45, 2.75) is 47.1 Å². The summed E-state index contributed by atoms with van der Waals surface area (Å²) >= 11 is 0. The molecule has 0 aliphatic carbocycles. The van der Waals surface area contributed by atoms with Gasteiger partial charge in [0.2, 0.25) is 5.95 Å². The fraction of sp³-hybridized carbons (Fsp3) is 0.733. The zero-order chi connectivity index (χ0) is 14.3. The summed E-state index contributed by atoms with van der Waals surface area (Å²) in [5.41, 5.74) is 2.26. The molecule has 1 N–H and O–H groups in total. The fourth-order valence-corrected chi connectivity index (χ4v) is 1.79. The van der Waals surface area contributed by atoms with Crippen molar-refractivity contribution < 1.29 is 0 Å². The van der Waals surface area contributed by atoms with Gasteiger partial charge in [0.1, 0.15) is 0 Å². The molecule has 0 aliphatic rings. The van der Waals surface area contributed by atoms with Gasteiger partial charge in [-0.2, -0.15) is 0 Å². The fourth-order valence-electron chi connectivity index (χ4n) is 1.79. The predicted octanol–water partition coefficient (Wildman–Crippen LogP) is 2.77. The van der Waals surface area contributed by atoms with Crippen LogP contribution in [0.4, 0.5) is 5.95 Å². The molecule has 0 atom stereocenters. The molecule has 0 bridgehead atoms. The van der Waals surface area contributed by atoms with Gasteiger partial charge in [0, 0.05) is 37.6 Å². The molecule has 0 fully saturated rings. The number of rotatable bonds is 8. The maximum atomic E-state index is 4.60. The number of aryl methyl sites for hydroxylation is 1. The van der Waals surface area contributed by atoms with Crippen LogP contribution in [-0.4, -0.2) is 30.1 Å². The van der Waals surface area contributed by atoms with Gasteiger partial charge in [-0.1, -0.05) is 20.8 Å².